The summed E-state index contributed by atoms with van der Waals surface area (Å²) in [6.45, 7) is 6.84. The monoisotopic (exact) mass is 263 g/mol. The van der Waals surface area contributed by atoms with E-state index in [1.807, 2.05) is 6.07 Å². The van der Waals surface area contributed by atoms with E-state index in [1.54, 1.807) is 12.4 Å². The van der Waals surface area contributed by atoms with Crippen molar-refractivity contribution in [2.75, 3.05) is 0 Å². The van der Waals surface area contributed by atoms with Crippen molar-refractivity contribution >= 4 is 0 Å². The molecule has 1 aliphatic rings. The van der Waals surface area contributed by atoms with Crippen LogP contribution >= 0.6 is 0 Å². The van der Waals surface area contributed by atoms with Crippen molar-refractivity contribution < 1.29 is 9.84 Å². The molecule has 0 aliphatic heterocycles. The highest BCUT2D eigenvalue weighted by Crippen LogP contribution is 2.36. The predicted molar refractivity (Wildman–Crippen MR) is 75.9 cm³/mol. The van der Waals surface area contributed by atoms with E-state index >= 15 is 0 Å². The number of hydrogen-bond acceptors (Lipinski definition) is 3. The van der Waals surface area contributed by atoms with E-state index in [1.165, 1.54) is 12.8 Å². The summed E-state index contributed by atoms with van der Waals surface area (Å²) in [6, 6.07) is 1.83. The summed E-state index contributed by atoms with van der Waals surface area (Å²) in [7, 11) is 0. The summed E-state index contributed by atoms with van der Waals surface area (Å²) in [4.78, 5) is 4.11. The molecule has 1 aromatic rings. The molecule has 106 valence electrons. The number of aliphatic hydroxyl groups is 1. The molecule has 0 radical (unpaired) electrons. The fraction of sp³-hybridized carbons (Fsp3) is 0.688. The Morgan fingerprint density at radius 3 is 2.89 bits per heavy atom. The van der Waals surface area contributed by atoms with Crippen molar-refractivity contribution in [1.29, 1.82) is 0 Å². The zero-order valence-corrected chi connectivity index (χ0v) is 12.2. The number of rotatable bonds is 4. The molecule has 3 atom stereocenters. The molecule has 2 rings (SSSR count). The molecule has 1 fully saturated rings. The molecular weight excluding hydrogens is 238 g/mol. The van der Waals surface area contributed by atoms with E-state index in [0.717, 1.165) is 17.7 Å². The summed E-state index contributed by atoms with van der Waals surface area (Å²) in [6.07, 6.45) is 7.30. The van der Waals surface area contributed by atoms with E-state index in [0.29, 0.717) is 17.8 Å². The average Bonchev–Trinajstić information content (AvgIpc) is 2.39. The maximum absolute atomic E-state index is 9.37. The summed E-state index contributed by atoms with van der Waals surface area (Å²) in [5, 5.41) is 9.37. The maximum atomic E-state index is 9.37. The molecule has 1 aliphatic carbocycles. The zero-order valence-electron chi connectivity index (χ0n) is 12.2. The Hall–Kier alpha value is -1.09. The first-order valence-corrected chi connectivity index (χ1v) is 7.32. The molecule has 0 aromatic carbocycles. The summed E-state index contributed by atoms with van der Waals surface area (Å²) in [5.41, 5.74) is 0.829. The van der Waals surface area contributed by atoms with Crippen molar-refractivity contribution in [3.8, 4) is 5.75 Å². The molecule has 1 heterocycles. The van der Waals surface area contributed by atoms with Crippen LogP contribution in [-0.4, -0.2) is 16.2 Å². The Balaban J connectivity index is 2.14. The van der Waals surface area contributed by atoms with Gasteiger partial charge in [0.05, 0.1) is 12.8 Å². The lowest BCUT2D eigenvalue weighted by Crippen LogP contribution is -2.36. The Labute approximate surface area is 116 Å². The van der Waals surface area contributed by atoms with E-state index in [-0.39, 0.29) is 12.7 Å². The van der Waals surface area contributed by atoms with Crippen LogP contribution in [-0.2, 0) is 6.61 Å². The highest BCUT2D eigenvalue weighted by Gasteiger charge is 2.32. The van der Waals surface area contributed by atoms with Crippen molar-refractivity contribution in [2.24, 2.45) is 17.8 Å². The van der Waals surface area contributed by atoms with Gasteiger partial charge >= 0.3 is 0 Å². The second-order valence-electron chi connectivity index (χ2n) is 6.12. The summed E-state index contributed by atoms with van der Waals surface area (Å²) >= 11 is 0. The molecule has 0 bridgehead atoms. The highest BCUT2D eigenvalue weighted by atomic mass is 16.5. The number of aliphatic hydroxyl groups excluding tert-OH is 1. The van der Waals surface area contributed by atoms with Gasteiger partial charge in [-0.3, -0.25) is 4.98 Å². The van der Waals surface area contributed by atoms with Gasteiger partial charge in [0, 0.05) is 11.8 Å². The van der Waals surface area contributed by atoms with Crippen molar-refractivity contribution in [1.82, 2.24) is 4.98 Å². The third-order valence-electron chi connectivity index (χ3n) is 4.28. The molecule has 0 saturated heterocycles. The Bertz CT molecular complexity index is 405. The second-order valence-corrected chi connectivity index (χ2v) is 6.12. The van der Waals surface area contributed by atoms with Crippen LogP contribution in [0.25, 0.3) is 0 Å². The standard InChI is InChI=1S/C16H25NO2/c1-11(2)14-5-4-12(3)8-15(14)19-16-9-17-7-6-13(16)10-18/h6-7,9,11-12,14-15,18H,4-5,8,10H2,1-3H3. The molecule has 3 unspecified atom stereocenters. The van der Waals surface area contributed by atoms with Gasteiger partial charge in [0.25, 0.3) is 0 Å². The van der Waals surface area contributed by atoms with Gasteiger partial charge in [0.15, 0.2) is 0 Å². The van der Waals surface area contributed by atoms with Gasteiger partial charge in [-0.25, -0.2) is 0 Å². The Morgan fingerprint density at radius 2 is 2.21 bits per heavy atom. The molecule has 3 nitrogen and oxygen atoms in total. The number of aromatic nitrogens is 1. The number of nitrogens with zero attached hydrogens (tertiary/aromatic N) is 1. The van der Waals surface area contributed by atoms with Crippen LogP contribution in [0, 0.1) is 17.8 Å². The normalized spacial score (nSPS) is 27.5. The van der Waals surface area contributed by atoms with Crippen LogP contribution in [0.15, 0.2) is 18.5 Å². The topological polar surface area (TPSA) is 42.4 Å². The van der Waals surface area contributed by atoms with Gasteiger partial charge in [0.2, 0.25) is 0 Å². The van der Waals surface area contributed by atoms with Crippen LogP contribution < -0.4 is 4.74 Å². The van der Waals surface area contributed by atoms with Gasteiger partial charge in [-0.2, -0.15) is 0 Å². The SMILES string of the molecule is CC1CCC(C(C)C)C(Oc2cnccc2CO)C1. The number of pyridine rings is 1. The molecule has 1 aromatic heterocycles. The molecule has 0 spiro atoms. The molecule has 1 N–H and O–H groups in total. The van der Waals surface area contributed by atoms with Crippen molar-refractivity contribution in [2.45, 2.75) is 52.7 Å². The molecule has 1 saturated carbocycles. The first kappa shape index (κ1) is 14.3. The van der Waals surface area contributed by atoms with Crippen LogP contribution in [0.1, 0.15) is 45.6 Å². The molecule has 19 heavy (non-hydrogen) atoms. The van der Waals surface area contributed by atoms with Crippen LogP contribution in [0.4, 0.5) is 0 Å². The fourth-order valence-corrected chi connectivity index (χ4v) is 3.06. The van der Waals surface area contributed by atoms with Gasteiger partial charge in [-0.05, 0) is 36.7 Å². The van der Waals surface area contributed by atoms with Crippen LogP contribution in [0.5, 0.6) is 5.75 Å². The van der Waals surface area contributed by atoms with Gasteiger partial charge in [-0.1, -0.05) is 27.2 Å². The summed E-state index contributed by atoms with van der Waals surface area (Å²) < 4.78 is 6.20. The minimum absolute atomic E-state index is 0.00642. The quantitative estimate of drug-likeness (QED) is 0.905. The van der Waals surface area contributed by atoms with Crippen LogP contribution in [0.3, 0.4) is 0 Å². The minimum atomic E-state index is 0.00642. The van der Waals surface area contributed by atoms with E-state index in [9.17, 15) is 5.11 Å². The van der Waals surface area contributed by atoms with E-state index < -0.39 is 0 Å². The van der Waals surface area contributed by atoms with E-state index in [4.69, 9.17) is 4.74 Å². The Morgan fingerprint density at radius 1 is 1.42 bits per heavy atom. The molecule has 0 amide bonds. The summed E-state index contributed by atoms with van der Waals surface area (Å²) in [5.74, 6) is 2.69. The smallest absolute Gasteiger partial charge is 0.143 e. The van der Waals surface area contributed by atoms with E-state index in [2.05, 4.69) is 25.8 Å². The van der Waals surface area contributed by atoms with Crippen LogP contribution in [0.2, 0.25) is 0 Å². The third-order valence-corrected chi connectivity index (χ3v) is 4.28. The molecular formula is C16H25NO2. The van der Waals surface area contributed by atoms with Gasteiger partial charge in [0.1, 0.15) is 11.9 Å². The maximum Gasteiger partial charge on any atom is 0.143 e. The highest BCUT2D eigenvalue weighted by molar-refractivity contribution is 5.29. The first-order valence-electron chi connectivity index (χ1n) is 7.32. The lowest BCUT2D eigenvalue weighted by molar-refractivity contribution is 0.0441. The van der Waals surface area contributed by atoms with Crippen molar-refractivity contribution in [3.05, 3.63) is 24.0 Å². The second kappa shape index (κ2) is 6.38. The lowest BCUT2D eigenvalue weighted by Gasteiger charge is -2.37. The fourth-order valence-electron chi connectivity index (χ4n) is 3.06. The molecule has 3 heteroatoms. The average molecular weight is 263 g/mol. The Kier molecular flexibility index (Phi) is 4.81. The van der Waals surface area contributed by atoms with Crippen molar-refractivity contribution in [3.63, 3.8) is 0 Å². The first-order chi connectivity index (χ1) is 9.11. The lowest BCUT2D eigenvalue weighted by atomic mass is 9.75. The number of ether oxygens (including phenoxy) is 1. The third kappa shape index (κ3) is 3.47. The van der Waals surface area contributed by atoms with Gasteiger partial charge < -0.3 is 9.84 Å². The number of hydrogen-bond donors (Lipinski definition) is 1. The van der Waals surface area contributed by atoms with Gasteiger partial charge in [-0.15, -0.1) is 0 Å². The minimum Gasteiger partial charge on any atom is -0.488 e. The predicted octanol–water partition coefficient (Wildman–Crippen LogP) is 3.41. The largest absolute Gasteiger partial charge is 0.488 e. The zero-order chi connectivity index (χ0) is 13.8.